The van der Waals surface area contributed by atoms with E-state index in [0.29, 0.717) is 21.6 Å². The fourth-order valence-corrected chi connectivity index (χ4v) is 2.58. The van der Waals surface area contributed by atoms with Gasteiger partial charge in [-0.2, -0.15) is 0 Å². The van der Waals surface area contributed by atoms with Gasteiger partial charge in [0.1, 0.15) is 5.82 Å². The van der Waals surface area contributed by atoms with E-state index in [0.717, 1.165) is 0 Å². The van der Waals surface area contributed by atoms with Gasteiger partial charge in [0.15, 0.2) is 0 Å². The van der Waals surface area contributed by atoms with Gasteiger partial charge in [0, 0.05) is 18.5 Å². The summed E-state index contributed by atoms with van der Waals surface area (Å²) in [4.78, 5) is 24.2. The zero-order valence-electron chi connectivity index (χ0n) is 12.1. The van der Waals surface area contributed by atoms with Gasteiger partial charge in [0.25, 0.3) is 5.91 Å². The quantitative estimate of drug-likeness (QED) is 0.759. The van der Waals surface area contributed by atoms with E-state index in [4.69, 9.17) is 11.6 Å². The maximum absolute atomic E-state index is 13.5. The SMILES string of the molecule is CC(=O)n1cc(C(=O)Nc2ccccc2Cl)c2cc(F)ccc21. The van der Waals surface area contributed by atoms with Crippen LogP contribution < -0.4 is 5.32 Å². The van der Waals surface area contributed by atoms with Crippen molar-refractivity contribution in [2.45, 2.75) is 6.92 Å². The molecule has 0 spiro atoms. The lowest BCUT2D eigenvalue weighted by atomic mass is 10.1. The molecule has 3 rings (SSSR count). The van der Waals surface area contributed by atoms with E-state index in [-0.39, 0.29) is 11.5 Å². The molecule has 3 aromatic rings. The average Bonchev–Trinajstić information content (AvgIpc) is 2.88. The Bertz CT molecular complexity index is 933. The molecule has 2 aromatic carbocycles. The summed E-state index contributed by atoms with van der Waals surface area (Å²) >= 11 is 6.02. The Labute approximate surface area is 136 Å². The summed E-state index contributed by atoms with van der Waals surface area (Å²) in [6.45, 7) is 1.37. The maximum atomic E-state index is 13.5. The predicted molar refractivity (Wildman–Crippen MR) is 87.6 cm³/mol. The fraction of sp³-hybridized carbons (Fsp3) is 0.0588. The van der Waals surface area contributed by atoms with Crippen molar-refractivity contribution in [2.24, 2.45) is 0 Å². The normalized spacial score (nSPS) is 10.7. The van der Waals surface area contributed by atoms with E-state index in [9.17, 15) is 14.0 Å². The Kier molecular flexibility index (Phi) is 3.88. The molecule has 0 aliphatic heterocycles. The minimum atomic E-state index is -0.481. The second kappa shape index (κ2) is 5.85. The highest BCUT2D eigenvalue weighted by molar-refractivity contribution is 6.34. The summed E-state index contributed by atoms with van der Waals surface area (Å²) < 4.78 is 14.9. The second-order valence-electron chi connectivity index (χ2n) is 5.03. The van der Waals surface area contributed by atoms with E-state index in [1.807, 2.05) is 0 Å². The van der Waals surface area contributed by atoms with Crippen LogP contribution in [0.3, 0.4) is 0 Å². The lowest BCUT2D eigenvalue weighted by molar-refractivity contribution is 0.0941. The Morgan fingerprint density at radius 2 is 1.91 bits per heavy atom. The largest absolute Gasteiger partial charge is 0.321 e. The van der Waals surface area contributed by atoms with E-state index in [2.05, 4.69) is 5.32 Å². The van der Waals surface area contributed by atoms with E-state index in [1.54, 1.807) is 24.3 Å². The summed E-state index contributed by atoms with van der Waals surface area (Å²) in [6.07, 6.45) is 1.40. The van der Waals surface area contributed by atoms with Crippen LogP contribution in [-0.4, -0.2) is 16.4 Å². The van der Waals surface area contributed by atoms with Gasteiger partial charge in [-0.05, 0) is 30.3 Å². The van der Waals surface area contributed by atoms with Crippen molar-refractivity contribution >= 4 is 40.0 Å². The molecule has 23 heavy (non-hydrogen) atoms. The first-order chi connectivity index (χ1) is 11.0. The number of fused-ring (bicyclic) bond motifs is 1. The minimum absolute atomic E-state index is 0.203. The third-order valence-corrected chi connectivity index (χ3v) is 3.80. The number of rotatable bonds is 2. The number of amides is 1. The van der Waals surface area contributed by atoms with E-state index >= 15 is 0 Å². The molecule has 1 aromatic heterocycles. The van der Waals surface area contributed by atoms with Gasteiger partial charge < -0.3 is 5.32 Å². The number of hydrogen-bond donors (Lipinski definition) is 1. The van der Waals surface area contributed by atoms with Crippen molar-refractivity contribution in [3.05, 3.63) is 65.1 Å². The number of carbonyl (C=O) groups is 2. The molecule has 0 bridgehead atoms. The van der Waals surface area contributed by atoms with Gasteiger partial charge in [-0.25, -0.2) is 4.39 Å². The summed E-state index contributed by atoms with van der Waals surface area (Å²) in [5, 5.41) is 3.43. The average molecular weight is 331 g/mol. The number of para-hydroxylation sites is 1. The van der Waals surface area contributed by atoms with Crippen LogP contribution in [0.15, 0.2) is 48.7 Å². The number of aromatic nitrogens is 1. The van der Waals surface area contributed by atoms with Gasteiger partial charge in [-0.3, -0.25) is 14.2 Å². The molecular weight excluding hydrogens is 319 g/mol. The van der Waals surface area contributed by atoms with Crippen LogP contribution in [0.4, 0.5) is 10.1 Å². The van der Waals surface area contributed by atoms with Crippen LogP contribution in [0.25, 0.3) is 10.9 Å². The minimum Gasteiger partial charge on any atom is -0.321 e. The molecule has 116 valence electrons. The van der Waals surface area contributed by atoms with Gasteiger partial charge in [-0.15, -0.1) is 0 Å². The van der Waals surface area contributed by atoms with Crippen molar-refractivity contribution in [3.8, 4) is 0 Å². The van der Waals surface area contributed by atoms with Crippen molar-refractivity contribution in [1.29, 1.82) is 0 Å². The highest BCUT2D eigenvalue weighted by atomic mass is 35.5. The van der Waals surface area contributed by atoms with Crippen LogP contribution in [0, 0.1) is 5.82 Å². The van der Waals surface area contributed by atoms with Crippen LogP contribution in [0.1, 0.15) is 22.1 Å². The summed E-state index contributed by atoms with van der Waals surface area (Å²) in [5.74, 6) is -1.21. The topological polar surface area (TPSA) is 51.1 Å². The zero-order valence-corrected chi connectivity index (χ0v) is 12.9. The molecule has 0 radical (unpaired) electrons. The molecule has 0 unspecified atom stereocenters. The first kappa shape index (κ1) is 15.2. The lowest BCUT2D eigenvalue weighted by Gasteiger charge is -2.06. The van der Waals surface area contributed by atoms with E-state index in [1.165, 1.54) is 35.9 Å². The van der Waals surface area contributed by atoms with Gasteiger partial charge in [0.2, 0.25) is 5.91 Å². The van der Waals surface area contributed by atoms with Crippen molar-refractivity contribution in [1.82, 2.24) is 4.57 Å². The summed E-state index contributed by atoms with van der Waals surface area (Å²) in [6, 6.07) is 10.7. The highest BCUT2D eigenvalue weighted by Crippen LogP contribution is 2.26. The number of carbonyl (C=O) groups excluding carboxylic acids is 2. The Morgan fingerprint density at radius 1 is 1.17 bits per heavy atom. The molecule has 0 aliphatic carbocycles. The Morgan fingerprint density at radius 3 is 2.61 bits per heavy atom. The number of hydrogen-bond acceptors (Lipinski definition) is 2. The number of halogens is 2. The molecule has 4 nitrogen and oxygen atoms in total. The van der Waals surface area contributed by atoms with Crippen LogP contribution >= 0.6 is 11.6 Å². The summed E-state index contributed by atoms with van der Waals surface area (Å²) in [5.41, 5.74) is 1.12. The van der Waals surface area contributed by atoms with E-state index < -0.39 is 11.7 Å². The van der Waals surface area contributed by atoms with Crippen molar-refractivity contribution in [2.75, 3.05) is 5.32 Å². The fourth-order valence-electron chi connectivity index (χ4n) is 2.40. The lowest BCUT2D eigenvalue weighted by Crippen LogP contribution is -2.12. The second-order valence-corrected chi connectivity index (χ2v) is 5.43. The number of benzene rings is 2. The third-order valence-electron chi connectivity index (χ3n) is 3.47. The number of nitrogens with zero attached hydrogens (tertiary/aromatic N) is 1. The molecule has 1 amide bonds. The van der Waals surface area contributed by atoms with Crippen LogP contribution in [-0.2, 0) is 0 Å². The molecule has 0 saturated heterocycles. The van der Waals surface area contributed by atoms with Gasteiger partial charge in [0.05, 0.1) is 21.8 Å². The first-order valence-electron chi connectivity index (χ1n) is 6.85. The maximum Gasteiger partial charge on any atom is 0.257 e. The summed E-state index contributed by atoms with van der Waals surface area (Å²) in [7, 11) is 0. The standard InChI is InChI=1S/C17H12ClFN2O2/c1-10(22)21-9-13(12-8-11(19)6-7-16(12)21)17(23)20-15-5-3-2-4-14(15)18/h2-9H,1H3,(H,20,23). The van der Waals surface area contributed by atoms with Crippen molar-refractivity contribution < 1.29 is 14.0 Å². The molecule has 1 N–H and O–H groups in total. The van der Waals surface area contributed by atoms with Crippen molar-refractivity contribution in [3.63, 3.8) is 0 Å². The Hall–Kier alpha value is -2.66. The van der Waals surface area contributed by atoms with Gasteiger partial charge in [-0.1, -0.05) is 23.7 Å². The molecule has 0 fully saturated rings. The molecule has 0 atom stereocenters. The number of anilines is 1. The highest BCUT2D eigenvalue weighted by Gasteiger charge is 2.18. The zero-order chi connectivity index (χ0) is 16.6. The molecule has 1 heterocycles. The first-order valence-corrected chi connectivity index (χ1v) is 7.22. The smallest absolute Gasteiger partial charge is 0.257 e. The van der Waals surface area contributed by atoms with Gasteiger partial charge >= 0.3 is 0 Å². The Balaban J connectivity index is 2.08. The molecular formula is C17H12ClFN2O2. The van der Waals surface area contributed by atoms with Crippen LogP contribution in [0.5, 0.6) is 0 Å². The molecule has 6 heteroatoms. The predicted octanol–water partition coefficient (Wildman–Crippen LogP) is 4.35. The van der Waals surface area contributed by atoms with Crippen LogP contribution in [0.2, 0.25) is 5.02 Å². The number of nitrogens with one attached hydrogen (secondary N) is 1. The third kappa shape index (κ3) is 2.83. The molecule has 0 aliphatic rings. The monoisotopic (exact) mass is 330 g/mol. The molecule has 0 saturated carbocycles.